The van der Waals surface area contributed by atoms with Gasteiger partial charge in [0, 0.05) is 24.3 Å². The van der Waals surface area contributed by atoms with Gasteiger partial charge in [-0.1, -0.05) is 51.0 Å². The summed E-state index contributed by atoms with van der Waals surface area (Å²) in [6, 6.07) is 13.2. The smallest absolute Gasteiger partial charge is 0.371 e. The highest BCUT2D eigenvalue weighted by molar-refractivity contribution is 5.93. The van der Waals surface area contributed by atoms with Crippen LogP contribution in [0.3, 0.4) is 0 Å². The molecule has 0 atom stereocenters. The summed E-state index contributed by atoms with van der Waals surface area (Å²) >= 11 is 0. The molecular formula is C27H36N2O5. The van der Waals surface area contributed by atoms with Crippen molar-refractivity contribution in [2.75, 3.05) is 31.7 Å². The van der Waals surface area contributed by atoms with E-state index >= 15 is 0 Å². The summed E-state index contributed by atoms with van der Waals surface area (Å²) in [5.74, 6) is -0.637. The molecule has 0 saturated heterocycles. The first-order chi connectivity index (χ1) is 16.4. The van der Waals surface area contributed by atoms with Crippen LogP contribution in [0, 0.1) is 0 Å². The van der Waals surface area contributed by atoms with Crippen molar-refractivity contribution in [2.45, 2.75) is 46.5 Å². The zero-order valence-electron chi connectivity index (χ0n) is 20.6. The number of aliphatic carboxylic acids is 1. The molecule has 0 saturated carbocycles. The van der Waals surface area contributed by atoms with Gasteiger partial charge in [0.1, 0.15) is 5.75 Å². The van der Waals surface area contributed by atoms with Crippen molar-refractivity contribution in [2.24, 2.45) is 0 Å². The molecule has 184 valence electrons. The number of carbonyl (C=O) groups excluding carboxylic acids is 1. The fourth-order valence-corrected chi connectivity index (χ4v) is 3.42. The van der Waals surface area contributed by atoms with Gasteiger partial charge in [-0.15, -0.1) is 0 Å². The van der Waals surface area contributed by atoms with Crippen molar-refractivity contribution >= 4 is 23.8 Å². The first kappa shape index (κ1) is 26.8. The number of carboxylic acids is 1. The Labute approximate surface area is 202 Å². The monoisotopic (exact) mass is 468 g/mol. The number of unbranched alkanes of at least 4 members (excludes halogenated alkanes) is 2. The summed E-state index contributed by atoms with van der Waals surface area (Å²) in [6.45, 7) is 7.87. The third-order valence-electron chi connectivity index (χ3n) is 5.33. The van der Waals surface area contributed by atoms with E-state index in [4.69, 9.17) is 9.47 Å². The highest BCUT2D eigenvalue weighted by Gasteiger charge is 2.16. The molecule has 2 amide bonds. The third-order valence-corrected chi connectivity index (χ3v) is 5.33. The van der Waals surface area contributed by atoms with Crippen LogP contribution in [0.2, 0.25) is 0 Å². The summed E-state index contributed by atoms with van der Waals surface area (Å²) in [5.41, 5.74) is 3.23. The van der Waals surface area contributed by atoms with Gasteiger partial charge in [0.15, 0.2) is 0 Å². The number of hydrogen-bond donors (Lipinski definition) is 2. The second-order valence-corrected chi connectivity index (χ2v) is 7.86. The van der Waals surface area contributed by atoms with Crippen molar-refractivity contribution < 1.29 is 24.2 Å². The second kappa shape index (κ2) is 13.9. The molecule has 7 heteroatoms. The molecule has 0 fully saturated rings. The molecule has 0 spiro atoms. The van der Waals surface area contributed by atoms with Crippen LogP contribution in [0.15, 0.2) is 48.2 Å². The Hall–Kier alpha value is -3.48. The minimum Gasteiger partial charge on any atom is -0.493 e. The fourth-order valence-electron chi connectivity index (χ4n) is 3.42. The normalized spacial score (nSPS) is 11.1. The average molecular weight is 469 g/mol. The largest absolute Gasteiger partial charge is 0.493 e. The zero-order chi connectivity index (χ0) is 24.9. The van der Waals surface area contributed by atoms with Crippen LogP contribution >= 0.6 is 0 Å². The minimum atomic E-state index is -1.13. The van der Waals surface area contributed by atoms with Crippen LogP contribution < -0.4 is 15.0 Å². The lowest BCUT2D eigenvalue weighted by Gasteiger charge is -2.22. The number of hydrogen-bond acceptors (Lipinski definition) is 4. The van der Waals surface area contributed by atoms with Gasteiger partial charge >= 0.3 is 12.0 Å². The highest BCUT2D eigenvalue weighted by atomic mass is 16.5. The van der Waals surface area contributed by atoms with Crippen LogP contribution in [0.5, 0.6) is 5.75 Å². The number of carbonyl (C=O) groups is 2. The van der Waals surface area contributed by atoms with Gasteiger partial charge in [-0.2, -0.15) is 0 Å². The van der Waals surface area contributed by atoms with Crippen molar-refractivity contribution in [3.8, 4) is 16.9 Å². The molecule has 0 heterocycles. The Bertz CT molecular complexity index is 987. The SMILES string of the molecule is CCCCNC(=O)N(CC)c1cccc(-c2ccc(C=C(OC)C(=O)O)cc2OCCCC)c1. The molecule has 34 heavy (non-hydrogen) atoms. The van der Waals surface area contributed by atoms with E-state index in [1.807, 2.05) is 49.4 Å². The van der Waals surface area contributed by atoms with E-state index in [1.54, 1.807) is 4.90 Å². The summed E-state index contributed by atoms with van der Waals surface area (Å²) in [7, 11) is 1.33. The van der Waals surface area contributed by atoms with E-state index in [9.17, 15) is 14.7 Å². The Morgan fingerprint density at radius 1 is 1.06 bits per heavy atom. The summed E-state index contributed by atoms with van der Waals surface area (Å²) in [4.78, 5) is 25.7. The number of ether oxygens (including phenoxy) is 2. The first-order valence-corrected chi connectivity index (χ1v) is 11.9. The number of urea groups is 1. The number of nitrogens with one attached hydrogen (secondary N) is 1. The van der Waals surface area contributed by atoms with E-state index in [2.05, 4.69) is 19.2 Å². The molecule has 0 radical (unpaired) electrons. The molecule has 0 unspecified atom stereocenters. The Morgan fingerprint density at radius 2 is 1.82 bits per heavy atom. The third kappa shape index (κ3) is 7.54. The molecule has 7 nitrogen and oxygen atoms in total. The first-order valence-electron chi connectivity index (χ1n) is 11.9. The lowest BCUT2D eigenvalue weighted by molar-refractivity contribution is -0.135. The molecule has 0 aliphatic carbocycles. The maximum Gasteiger partial charge on any atom is 0.371 e. The van der Waals surface area contributed by atoms with Gasteiger partial charge in [0.25, 0.3) is 0 Å². The van der Waals surface area contributed by atoms with E-state index in [1.165, 1.54) is 13.2 Å². The number of methoxy groups -OCH3 is 1. The molecule has 2 rings (SSSR count). The molecule has 0 aliphatic rings. The van der Waals surface area contributed by atoms with Gasteiger partial charge in [0.2, 0.25) is 5.76 Å². The number of benzene rings is 2. The predicted molar refractivity (Wildman–Crippen MR) is 136 cm³/mol. The quantitative estimate of drug-likeness (QED) is 0.216. The zero-order valence-corrected chi connectivity index (χ0v) is 20.6. The van der Waals surface area contributed by atoms with Crippen molar-refractivity contribution in [3.63, 3.8) is 0 Å². The van der Waals surface area contributed by atoms with Crippen molar-refractivity contribution in [3.05, 3.63) is 53.8 Å². The van der Waals surface area contributed by atoms with Gasteiger partial charge in [-0.3, -0.25) is 4.90 Å². The Morgan fingerprint density at radius 3 is 2.47 bits per heavy atom. The van der Waals surface area contributed by atoms with Crippen LogP contribution in [0.4, 0.5) is 10.5 Å². The maximum absolute atomic E-state index is 12.7. The molecule has 0 aromatic heterocycles. The number of nitrogens with zero attached hydrogens (tertiary/aromatic N) is 1. The molecule has 2 N–H and O–H groups in total. The van der Waals surface area contributed by atoms with Crippen LogP contribution in [0.1, 0.15) is 52.0 Å². The van der Waals surface area contributed by atoms with E-state index in [-0.39, 0.29) is 11.8 Å². The number of carboxylic acid groups (broad SMARTS) is 1. The van der Waals surface area contributed by atoms with Crippen LogP contribution in [0.25, 0.3) is 17.2 Å². The highest BCUT2D eigenvalue weighted by Crippen LogP contribution is 2.34. The summed E-state index contributed by atoms with van der Waals surface area (Å²) < 4.78 is 11.0. The molecule has 0 aliphatic heterocycles. The topological polar surface area (TPSA) is 88.1 Å². The van der Waals surface area contributed by atoms with E-state index < -0.39 is 5.97 Å². The average Bonchev–Trinajstić information content (AvgIpc) is 2.83. The van der Waals surface area contributed by atoms with Crippen LogP contribution in [-0.2, 0) is 9.53 Å². The molecule has 2 aromatic carbocycles. The predicted octanol–water partition coefficient (Wildman–Crippen LogP) is 5.94. The van der Waals surface area contributed by atoms with E-state index in [0.717, 1.165) is 42.5 Å². The van der Waals surface area contributed by atoms with Gasteiger partial charge in [0.05, 0.1) is 13.7 Å². The lowest BCUT2D eigenvalue weighted by atomic mass is 10.0. The Kier molecular flexibility index (Phi) is 11.0. The van der Waals surface area contributed by atoms with Crippen LogP contribution in [-0.4, -0.2) is 43.9 Å². The van der Waals surface area contributed by atoms with E-state index in [0.29, 0.717) is 31.0 Å². The number of anilines is 1. The second-order valence-electron chi connectivity index (χ2n) is 7.86. The standard InChI is InChI=1S/C27H36N2O5/c1-5-8-15-28-27(32)29(7-3)22-12-10-11-21(19-22)23-14-13-20(18-25(33-4)26(30)31)17-24(23)34-16-9-6-2/h10-14,17-19H,5-9,15-16H2,1-4H3,(H,28,32)(H,30,31). The maximum atomic E-state index is 12.7. The lowest BCUT2D eigenvalue weighted by Crippen LogP contribution is -2.40. The fraction of sp³-hybridized carbons (Fsp3) is 0.407. The van der Waals surface area contributed by atoms with Gasteiger partial charge in [-0.25, -0.2) is 9.59 Å². The Balaban J connectivity index is 2.42. The summed E-state index contributed by atoms with van der Waals surface area (Å²) in [6.07, 6.45) is 5.32. The summed E-state index contributed by atoms with van der Waals surface area (Å²) in [5, 5.41) is 12.2. The molecular weight excluding hydrogens is 432 g/mol. The molecule has 0 bridgehead atoms. The molecule has 2 aromatic rings. The van der Waals surface area contributed by atoms with Crippen molar-refractivity contribution in [1.29, 1.82) is 0 Å². The number of amides is 2. The van der Waals surface area contributed by atoms with Crippen molar-refractivity contribution in [1.82, 2.24) is 5.32 Å². The minimum absolute atomic E-state index is 0.117. The van der Waals surface area contributed by atoms with Gasteiger partial charge in [-0.05, 0) is 55.2 Å². The number of rotatable bonds is 13. The van der Waals surface area contributed by atoms with Gasteiger partial charge < -0.3 is 19.9 Å².